The van der Waals surface area contributed by atoms with Crippen molar-refractivity contribution in [1.29, 1.82) is 0 Å². The molecule has 0 unspecified atom stereocenters. The molecule has 30 heavy (non-hydrogen) atoms. The summed E-state index contributed by atoms with van der Waals surface area (Å²) in [6.07, 6.45) is 4.01. The predicted octanol–water partition coefficient (Wildman–Crippen LogP) is 4.64. The highest BCUT2D eigenvalue weighted by Crippen LogP contribution is 2.32. The molecule has 6 nitrogen and oxygen atoms in total. The number of amides is 1. The minimum atomic E-state index is -0.0381. The first-order valence-electron chi connectivity index (χ1n) is 9.51. The highest BCUT2D eigenvalue weighted by Gasteiger charge is 2.28. The molecule has 0 fully saturated rings. The van der Waals surface area contributed by atoms with Gasteiger partial charge in [0.05, 0.1) is 23.4 Å². The van der Waals surface area contributed by atoms with Crippen molar-refractivity contribution in [3.8, 4) is 11.3 Å². The number of hydrogen-bond donors (Lipinski definition) is 0. The fourth-order valence-corrected chi connectivity index (χ4v) is 4.77. The van der Waals surface area contributed by atoms with Crippen LogP contribution in [0, 0.1) is 0 Å². The van der Waals surface area contributed by atoms with Crippen LogP contribution >= 0.6 is 27.5 Å². The van der Waals surface area contributed by atoms with Gasteiger partial charge in [-0.3, -0.25) is 19.4 Å². The van der Waals surface area contributed by atoms with E-state index in [1.165, 1.54) is 5.56 Å². The quantitative estimate of drug-likeness (QED) is 0.417. The molecule has 5 rings (SSSR count). The zero-order chi connectivity index (χ0) is 20.8. The molecule has 0 aliphatic carbocycles. The summed E-state index contributed by atoms with van der Waals surface area (Å²) < 4.78 is 2.64. The Morgan fingerprint density at radius 3 is 2.83 bits per heavy atom. The standard InChI is InChI=1S/C22H17BrClN5O/c1-28-21(13-3-2-4-15(24)9-13)16-5-8-29(12-19(16)27-28)22(30)14-10-17(23)20-18(11-14)25-6-7-26-20/h2-4,6-7,9-11H,5,8,12H2,1H3. The Hall–Kier alpha value is -2.77. The highest BCUT2D eigenvalue weighted by molar-refractivity contribution is 9.10. The van der Waals surface area contributed by atoms with Gasteiger partial charge in [-0.15, -0.1) is 0 Å². The molecule has 0 spiro atoms. The summed E-state index contributed by atoms with van der Waals surface area (Å²) in [5.41, 5.74) is 6.21. The molecule has 150 valence electrons. The maximum Gasteiger partial charge on any atom is 0.254 e. The molecule has 1 amide bonds. The zero-order valence-electron chi connectivity index (χ0n) is 16.1. The van der Waals surface area contributed by atoms with Crippen molar-refractivity contribution in [3.63, 3.8) is 0 Å². The second kappa shape index (κ2) is 7.49. The predicted molar refractivity (Wildman–Crippen MR) is 119 cm³/mol. The summed E-state index contributed by atoms with van der Waals surface area (Å²) >= 11 is 9.70. The molecule has 0 atom stereocenters. The number of aromatic nitrogens is 4. The lowest BCUT2D eigenvalue weighted by atomic mass is 9.99. The zero-order valence-corrected chi connectivity index (χ0v) is 18.5. The molecule has 4 aromatic rings. The largest absolute Gasteiger partial charge is 0.332 e. The Bertz CT molecular complexity index is 1300. The number of carbonyl (C=O) groups excluding carboxylic acids is 1. The fourth-order valence-electron chi connectivity index (χ4n) is 4.03. The van der Waals surface area contributed by atoms with Gasteiger partial charge in [-0.05, 0) is 46.6 Å². The number of aryl methyl sites for hydroxylation is 1. The van der Waals surface area contributed by atoms with E-state index < -0.39 is 0 Å². The topological polar surface area (TPSA) is 63.9 Å². The first-order valence-corrected chi connectivity index (χ1v) is 10.7. The van der Waals surface area contributed by atoms with Crippen LogP contribution in [0.25, 0.3) is 22.3 Å². The van der Waals surface area contributed by atoms with Crippen molar-refractivity contribution in [1.82, 2.24) is 24.6 Å². The lowest BCUT2D eigenvalue weighted by Gasteiger charge is -2.27. The molecule has 2 aromatic heterocycles. The molecule has 0 radical (unpaired) electrons. The summed E-state index contributed by atoms with van der Waals surface area (Å²) in [7, 11) is 1.93. The van der Waals surface area contributed by atoms with Gasteiger partial charge in [-0.25, -0.2) is 0 Å². The summed E-state index contributed by atoms with van der Waals surface area (Å²) in [5.74, 6) is -0.0381. The first kappa shape index (κ1) is 19.2. The first-order chi connectivity index (χ1) is 14.5. The van der Waals surface area contributed by atoms with Crippen LogP contribution in [0.15, 0.2) is 53.3 Å². The second-order valence-corrected chi connectivity index (χ2v) is 8.56. The molecular formula is C22H17BrClN5O. The van der Waals surface area contributed by atoms with Gasteiger partial charge in [-0.2, -0.15) is 5.10 Å². The molecule has 0 saturated heterocycles. The third kappa shape index (κ3) is 3.28. The van der Waals surface area contributed by atoms with Gasteiger partial charge in [0, 0.05) is 52.2 Å². The lowest BCUT2D eigenvalue weighted by molar-refractivity contribution is 0.0732. The van der Waals surface area contributed by atoms with Crippen LogP contribution in [-0.4, -0.2) is 37.1 Å². The van der Waals surface area contributed by atoms with E-state index in [0.717, 1.165) is 33.4 Å². The van der Waals surface area contributed by atoms with E-state index in [1.807, 2.05) is 47.0 Å². The van der Waals surface area contributed by atoms with Gasteiger partial charge in [0.25, 0.3) is 5.91 Å². The van der Waals surface area contributed by atoms with Crippen molar-refractivity contribution in [2.24, 2.45) is 7.05 Å². The van der Waals surface area contributed by atoms with Crippen LogP contribution in [0.1, 0.15) is 21.6 Å². The molecule has 1 aliphatic rings. The fraction of sp³-hybridized carbons (Fsp3) is 0.182. The van der Waals surface area contributed by atoms with Gasteiger partial charge in [0.2, 0.25) is 0 Å². The van der Waals surface area contributed by atoms with Crippen molar-refractivity contribution >= 4 is 44.5 Å². The SMILES string of the molecule is Cn1nc2c(c1-c1cccc(Cl)c1)CCN(C(=O)c1cc(Br)c3nccnc3c1)C2. The van der Waals surface area contributed by atoms with Gasteiger partial charge >= 0.3 is 0 Å². The minimum absolute atomic E-state index is 0.0381. The van der Waals surface area contributed by atoms with Crippen LogP contribution in [-0.2, 0) is 20.0 Å². The van der Waals surface area contributed by atoms with Crippen molar-refractivity contribution in [2.45, 2.75) is 13.0 Å². The maximum atomic E-state index is 13.2. The van der Waals surface area contributed by atoms with E-state index >= 15 is 0 Å². The Labute approximate surface area is 186 Å². The van der Waals surface area contributed by atoms with Crippen LogP contribution < -0.4 is 0 Å². The average Bonchev–Trinajstić information content (AvgIpc) is 3.08. The van der Waals surface area contributed by atoms with Gasteiger partial charge in [0.1, 0.15) is 5.52 Å². The number of halogens is 2. The minimum Gasteiger partial charge on any atom is -0.332 e. The number of carbonyl (C=O) groups is 1. The van der Waals surface area contributed by atoms with Crippen LogP contribution in [0.5, 0.6) is 0 Å². The number of rotatable bonds is 2. The second-order valence-electron chi connectivity index (χ2n) is 7.27. The van der Waals surface area contributed by atoms with Crippen LogP contribution in [0.2, 0.25) is 5.02 Å². The molecule has 0 bridgehead atoms. The number of fused-ring (bicyclic) bond motifs is 2. The Morgan fingerprint density at radius 1 is 1.17 bits per heavy atom. The third-order valence-electron chi connectivity index (χ3n) is 5.36. The van der Waals surface area contributed by atoms with Crippen molar-refractivity contribution < 1.29 is 4.79 Å². The smallest absolute Gasteiger partial charge is 0.254 e. The van der Waals surface area contributed by atoms with Crippen molar-refractivity contribution in [3.05, 3.63) is 75.1 Å². The Kier molecular flexibility index (Phi) is 4.79. The summed E-state index contributed by atoms with van der Waals surface area (Å²) in [4.78, 5) is 23.7. The Balaban J connectivity index is 1.47. The number of benzene rings is 2. The maximum absolute atomic E-state index is 13.2. The molecule has 0 saturated carbocycles. The molecule has 0 N–H and O–H groups in total. The van der Waals surface area contributed by atoms with Gasteiger partial charge < -0.3 is 4.90 Å². The third-order valence-corrected chi connectivity index (χ3v) is 6.20. The van der Waals surface area contributed by atoms with Crippen LogP contribution in [0.4, 0.5) is 0 Å². The highest BCUT2D eigenvalue weighted by atomic mass is 79.9. The van der Waals surface area contributed by atoms with E-state index in [9.17, 15) is 4.79 Å². The summed E-state index contributed by atoms with van der Waals surface area (Å²) in [6, 6.07) is 11.4. The average molecular weight is 483 g/mol. The van der Waals surface area contributed by atoms with Crippen molar-refractivity contribution in [2.75, 3.05) is 6.54 Å². The van der Waals surface area contributed by atoms with E-state index in [2.05, 4.69) is 25.9 Å². The summed E-state index contributed by atoms with van der Waals surface area (Å²) in [6.45, 7) is 1.10. The van der Waals surface area contributed by atoms with E-state index in [1.54, 1.807) is 18.5 Å². The van der Waals surface area contributed by atoms with Gasteiger partial charge in [0.15, 0.2) is 0 Å². The molecule has 1 aliphatic heterocycles. The van der Waals surface area contributed by atoms with E-state index in [-0.39, 0.29) is 5.91 Å². The summed E-state index contributed by atoms with van der Waals surface area (Å²) in [5, 5.41) is 5.39. The Morgan fingerprint density at radius 2 is 2.00 bits per heavy atom. The normalized spacial score (nSPS) is 13.5. The molecule has 3 heterocycles. The van der Waals surface area contributed by atoms with E-state index in [4.69, 9.17) is 16.7 Å². The molecular weight excluding hydrogens is 466 g/mol. The number of nitrogens with zero attached hydrogens (tertiary/aromatic N) is 5. The number of hydrogen-bond acceptors (Lipinski definition) is 4. The monoisotopic (exact) mass is 481 g/mol. The van der Waals surface area contributed by atoms with Crippen LogP contribution in [0.3, 0.4) is 0 Å². The lowest BCUT2D eigenvalue weighted by Crippen LogP contribution is -2.36. The van der Waals surface area contributed by atoms with E-state index in [0.29, 0.717) is 29.2 Å². The molecule has 2 aromatic carbocycles. The van der Waals surface area contributed by atoms with Gasteiger partial charge in [-0.1, -0.05) is 23.7 Å². The molecule has 8 heteroatoms.